The lowest BCUT2D eigenvalue weighted by molar-refractivity contribution is -0.384. The van der Waals surface area contributed by atoms with Crippen LogP contribution >= 0.6 is 11.6 Å². The van der Waals surface area contributed by atoms with Crippen LogP contribution < -0.4 is 5.32 Å². The highest BCUT2D eigenvalue weighted by Gasteiger charge is 2.17. The summed E-state index contributed by atoms with van der Waals surface area (Å²) in [5, 5.41) is 13.7. The number of likely N-dealkylation sites (N-methyl/N-ethyl adjacent to an activating group) is 1. The van der Waals surface area contributed by atoms with E-state index in [9.17, 15) is 14.9 Å². The number of nitrogens with one attached hydrogen (secondary N) is 1. The fourth-order valence-electron chi connectivity index (χ4n) is 2.77. The minimum Gasteiger partial charge on any atom is -0.322 e. The molecule has 1 aliphatic rings. The normalized spacial score (nSPS) is 14.1. The van der Waals surface area contributed by atoms with Crippen molar-refractivity contribution in [1.82, 2.24) is 4.90 Å². The number of nitro groups is 1. The maximum absolute atomic E-state index is 12.3. The van der Waals surface area contributed by atoms with Gasteiger partial charge in [-0.2, -0.15) is 0 Å². The summed E-state index contributed by atoms with van der Waals surface area (Å²) in [5.74, 6) is -0.404. The van der Waals surface area contributed by atoms with E-state index in [-0.39, 0.29) is 16.3 Å². The first-order valence-electron chi connectivity index (χ1n) is 7.49. The van der Waals surface area contributed by atoms with Gasteiger partial charge in [0.05, 0.1) is 4.92 Å². The molecule has 2 aromatic carbocycles. The summed E-state index contributed by atoms with van der Waals surface area (Å²) in [6.45, 7) is 1.86. The van der Waals surface area contributed by atoms with Gasteiger partial charge in [0.1, 0.15) is 5.02 Å². The molecule has 3 rings (SSSR count). The minimum absolute atomic E-state index is 0.00775. The zero-order valence-electron chi connectivity index (χ0n) is 13.1. The number of fused-ring (bicyclic) bond motifs is 1. The van der Waals surface area contributed by atoms with Crippen LogP contribution in [-0.2, 0) is 13.0 Å². The average molecular weight is 346 g/mol. The molecule has 0 atom stereocenters. The molecule has 1 aliphatic heterocycles. The summed E-state index contributed by atoms with van der Waals surface area (Å²) in [5.41, 5.74) is 3.06. The quantitative estimate of drug-likeness (QED) is 0.682. The number of hydrogen-bond acceptors (Lipinski definition) is 4. The Morgan fingerprint density at radius 3 is 2.79 bits per heavy atom. The molecule has 0 fully saturated rings. The van der Waals surface area contributed by atoms with E-state index < -0.39 is 10.8 Å². The van der Waals surface area contributed by atoms with E-state index in [1.54, 1.807) is 0 Å². The lowest BCUT2D eigenvalue weighted by Gasteiger charge is -2.25. The molecule has 0 radical (unpaired) electrons. The first-order valence-corrected chi connectivity index (χ1v) is 7.87. The highest BCUT2D eigenvalue weighted by Crippen LogP contribution is 2.26. The molecule has 1 amide bonds. The number of nitrogens with zero attached hydrogens (tertiary/aromatic N) is 2. The van der Waals surface area contributed by atoms with E-state index in [1.165, 1.54) is 29.3 Å². The van der Waals surface area contributed by atoms with E-state index in [0.717, 1.165) is 19.5 Å². The minimum atomic E-state index is -0.603. The van der Waals surface area contributed by atoms with Gasteiger partial charge in [0.2, 0.25) is 0 Å². The third-order valence-electron chi connectivity index (χ3n) is 4.07. The Labute approximate surface area is 144 Å². The topological polar surface area (TPSA) is 75.5 Å². The summed E-state index contributed by atoms with van der Waals surface area (Å²) < 4.78 is 0. The Bertz CT molecular complexity index is 823. The van der Waals surface area contributed by atoms with Crippen molar-refractivity contribution in [2.24, 2.45) is 0 Å². The Hall–Kier alpha value is -2.44. The fraction of sp³-hybridized carbons (Fsp3) is 0.235. The van der Waals surface area contributed by atoms with E-state index >= 15 is 0 Å². The fourth-order valence-corrected chi connectivity index (χ4v) is 2.96. The van der Waals surface area contributed by atoms with Gasteiger partial charge in [-0.15, -0.1) is 0 Å². The van der Waals surface area contributed by atoms with Crippen molar-refractivity contribution < 1.29 is 9.72 Å². The largest absolute Gasteiger partial charge is 0.322 e. The van der Waals surface area contributed by atoms with Gasteiger partial charge in [-0.25, -0.2) is 0 Å². The van der Waals surface area contributed by atoms with Crippen molar-refractivity contribution >= 4 is 28.9 Å². The van der Waals surface area contributed by atoms with Gasteiger partial charge in [-0.1, -0.05) is 17.7 Å². The number of rotatable bonds is 3. The lowest BCUT2D eigenvalue weighted by atomic mass is 9.99. The van der Waals surface area contributed by atoms with Crippen molar-refractivity contribution in [3.63, 3.8) is 0 Å². The van der Waals surface area contributed by atoms with Crippen molar-refractivity contribution in [3.05, 3.63) is 68.2 Å². The summed E-state index contributed by atoms with van der Waals surface area (Å²) in [6.07, 6.45) is 0.990. The van der Waals surface area contributed by atoms with E-state index in [2.05, 4.69) is 17.3 Å². The molecule has 0 saturated heterocycles. The predicted molar refractivity (Wildman–Crippen MR) is 92.5 cm³/mol. The van der Waals surface area contributed by atoms with Crippen molar-refractivity contribution in [1.29, 1.82) is 0 Å². The number of amides is 1. The molecule has 0 unspecified atom stereocenters. The monoisotopic (exact) mass is 345 g/mol. The third-order valence-corrected chi connectivity index (χ3v) is 4.39. The van der Waals surface area contributed by atoms with Crippen LogP contribution in [0.15, 0.2) is 36.4 Å². The molecule has 124 valence electrons. The Morgan fingerprint density at radius 1 is 1.25 bits per heavy atom. The molecule has 1 N–H and O–H groups in total. The first kappa shape index (κ1) is 16.4. The van der Waals surface area contributed by atoms with Gasteiger partial charge in [-0.05, 0) is 48.9 Å². The Balaban J connectivity index is 1.81. The third kappa shape index (κ3) is 3.39. The molecule has 24 heavy (non-hydrogen) atoms. The van der Waals surface area contributed by atoms with Gasteiger partial charge in [0.25, 0.3) is 11.6 Å². The molecule has 0 saturated carbocycles. The van der Waals surface area contributed by atoms with Gasteiger partial charge in [0, 0.05) is 30.4 Å². The Morgan fingerprint density at radius 2 is 2.04 bits per heavy atom. The average Bonchev–Trinajstić information content (AvgIpc) is 2.54. The predicted octanol–water partition coefficient (Wildman–Crippen LogP) is 3.49. The molecule has 0 spiro atoms. The Kier molecular flexibility index (Phi) is 4.51. The van der Waals surface area contributed by atoms with Crippen LogP contribution in [0.5, 0.6) is 0 Å². The maximum atomic E-state index is 12.3. The smallest absolute Gasteiger partial charge is 0.288 e. The second-order valence-electron chi connectivity index (χ2n) is 5.85. The lowest BCUT2D eigenvalue weighted by Crippen LogP contribution is -2.26. The molecule has 6 nitrogen and oxygen atoms in total. The van der Waals surface area contributed by atoms with Crippen molar-refractivity contribution in [3.8, 4) is 0 Å². The van der Waals surface area contributed by atoms with Crippen LogP contribution in [0, 0.1) is 10.1 Å². The van der Waals surface area contributed by atoms with Gasteiger partial charge in [-0.3, -0.25) is 14.9 Å². The van der Waals surface area contributed by atoms with Gasteiger partial charge in [0.15, 0.2) is 0 Å². The number of anilines is 1. The molecule has 1 heterocycles. The highest BCUT2D eigenvalue weighted by molar-refractivity contribution is 6.32. The maximum Gasteiger partial charge on any atom is 0.288 e. The summed E-state index contributed by atoms with van der Waals surface area (Å²) >= 11 is 5.77. The summed E-state index contributed by atoms with van der Waals surface area (Å²) in [4.78, 5) is 24.9. The SMILES string of the molecule is CN1CCc2ccc(NC(=O)c3ccc(Cl)c([N+](=O)[O-])c3)cc2C1. The summed E-state index contributed by atoms with van der Waals surface area (Å²) in [6, 6.07) is 9.83. The number of halogens is 1. The molecule has 0 aromatic heterocycles. The summed E-state index contributed by atoms with van der Waals surface area (Å²) in [7, 11) is 2.06. The molecule has 0 bridgehead atoms. The number of nitro benzene ring substituents is 1. The molecule has 2 aromatic rings. The van der Waals surface area contributed by atoms with Crippen LogP contribution in [0.4, 0.5) is 11.4 Å². The number of carbonyl (C=O) groups is 1. The van der Waals surface area contributed by atoms with Crippen LogP contribution in [0.2, 0.25) is 5.02 Å². The number of hydrogen-bond donors (Lipinski definition) is 1. The van der Waals surface area contributed by atoms with E-state index in [1.807, 2.05) is 18.2 Å². The van der Waals surface area contributed by atoms with Gasteiger partial charge < -0.3 is 10.2 Å². The van der Waals surface area contributed by atoms with E-state index in [0.29, 0.717) is 5.69 Å². The van der Waals surface area contributed by atoms with Crippen molar-refractivity contribution in [2.75, 3.05) is 18.9 Å². The number of carbonyl (C=O) groups excluding carboxylic acids is 1. The molecule has 7 heteroatoms. The first-order chi connectivity index (χ1) is 11.4. The van der Waals surface area contributed by atoms with Crippen LogP contribution in [-0.4, -0.2) is 29.3 Å². The van der Waals surface area contributed by atoms with Crippen LogP contribution in [0.1, 0.15) is 21.5 Å². The van der Waals surface area contributed by atoms with Gasteiger partial charge >= 0.3 is 0 Å². The standard InChI is InChI=1S/C17H16ClN3O3/c1-20-7-6-11-2-4-14(8-13(11)10-20)19-17(22)12-3-5-15(18)16(9-12)21(23)24/h2-5,8-9H,6-7,10H2,1H3,(H,19,22). The second-order valence-corrected chi connectivity index (χ2v) is 6.26. The van der Waals surface area contributed by atoms with Crippen LogP contribution in [0.3, 0.4) is 0 Å². The molecular formula is C17H16ClN3O3. The number of benzene rings is 2. The van der Waals surface area contributed by atoms with E-state index in [4.69, 9.17) is 11.6 Å². The molecular weight excluding hydrogens is 330 g/mol. The zero-order valence-corrected chi connectivity index (χ0v) is 13.8. The van der Waals surface area contributed by atoms with Crippen LogP contribution in [0.25, 0.3) is 0 Å². The highest BCUT2D eigenvalue weighted by atomic mass is 35.5. The van der Waals surface area contributed by atoms with Crippen molar-refractivity contribution in [2.45, 2.75) is 13.0 Å². The molecule has 0 aliphatic carbocycles. The zero-order chi connectivity index (χ0) is 17.3. The second kappa shape index (κ2) is 6.59.